The summed E-state index contributed by atoms with van der Waals surface area (Å²) in [6.45, 7) is 4.19. The van der Waals surface area contributed by atoms with Gasteiger partial charge >= 0.3 is 0 Å². The Morgan fingerprint density at radius 3 is 2.07 bits per heavy atom. The van der Waals surface area contributed by atoms with E-state index < -0.39 is 0 Å². The Morgan fingerprint density at radius 2 is 1.45 bits per heavy atom. The quantitative estimate of drug-likeness (QED) is 0.267. The SMILES string of the molecule is C[N+]1(Cc2ccccc2)CCC(Oc2cc[n+](Cc3ccccc3)cc2)C1.[Br-].[Br-]. The van der Waals surface area contributed by atoms with Gasteiger partial charge in [0.05, 0.1) is 13.6 Å². The number of aromatic nitrogens is 1. The third-order valence-electron chi connectivity index (χ3n) is 5.41. The highest BCUT2D eigenvalue weighted by Crippen LogP contribution is 2.24. The average molecular weight is 520 g/mol. The summed E-state index contributed by atoms with van der Waals surface area (Å²) in [5.41, 5.74) is 2.71. The monoisotopic (exact) mass is 518 g/mol. The molecule has 0 N–H and O–H groups in total. The summed E-state index contributed by atoms with van der Waals surface area (Å²) in [4.78, 5) is 0. The van der Waals surface area contributed by atoms with Crippen molar-refractivity contribution in [1.82, 2.24) is 0 Å². The molecule has 2 heterocycles. The van der Waals surface area contributed by atoms with Gasteiger partial charge in [0.15, 0.2) is 25.0 Å². The molecule has 2 unspecified atom stereocenters. The van der Waals surface area contributed by atoms with Gasteiger partial charge in [-0.15, -0.1) is 0 Å². The van der Waals surface area contributed by atoms with Crippen molar-refractivity contribution in [3.8, 4) is 5.75 Å². The molecule has 4 rings (SSSR count). The first-order valence-electron chi connectivity index (χ1n) is 9.76. The molecule has 0 bridgehead atoms. The van der Waals surface area contributed by atoms with Crippen LogP contribution in [0.5, 0.6) is 5.75 Å². The van der Waals surface area contributed by atoms with E-state index in [0.29, 0.717) is 6.10 Å². The Morgan fingerprint density at radius 1 is 0.862 bits per heavy atom. The maximum absolute atomic E-state index is 6.28. The minimum Gasteiger partial charge on any atom is -1.00 e. The molecule has 2 aromatic carbocycles. The first kappa shape index (κ1) is 23.6. The summed E-state index contributed by atoms with van der Waals surface area (Å²) in [6.07, 6.45) is 5.62. The predicted octanol–water partition coefficient (Wildman–Crippen LogP) is -2.17. The number of ether oxygens (including phenoxy) is 1. The molecule has 5 heteroatoms. The summed E-state index contributed by atoms with van der Waals surface area (Å²) in [5.74, 6) is 0.970. The second-order valence-electron chi connectivity index (χ2n) is 7.89. The Hall–Kier alpha value is -1.69. The lowest BCUT2D eigenvalue weighted by atomic mass is 10.2. The summed E-state index contributed by atoms with van der Waals surface area (Å²) in [5, 5.41) is 0. The number of pyridine rings is 1. The number of hydrogen-bond acceptors (Lipinski definition) is 1. The third kappa shape index (κ3) is 6.66. The second kappa shape index (κ2) is 10.9. The standard InChI is InChI=1S/C24H28N2O.2BrH/c1-26(19-22-10-6-3-7-11-22)17-14-24(20-26)27-23-12-15-25(16-13-23)18-21-8-4-2-5-9-21;;/h2-13,15-16,24H,14,17-20H2,1H3;2*1H/q+2;;/p-2. The average Bonchev–Trinajstić information content (AvgIpc) is 3.05. The Balaban J connectivity index is 0.00000150. The van der Waals surface area contributed by atoms with E-state index in [1.807, 2.05) is 0 Å². The molecule has 1 fully saturated rings. The zero-order valence-electron chi connectivity index (χ0n) is 16.8. The molecule has 2 atom stereocenters. The lowest BCUT2D eigenvalue weighted by Crippen LogP contribution is -3.00. The van der Waals surface area contributed by atoms with E-state index in [2.05, 4.69) is 96.8 Å². The first-order valence-corrected chi connectivity index (χ1v) is 9.76. The Labute approximate surface area is 195 Å². The lowest BCUT2D eigenvalue weighted by Gasteiger charge is -2.29. The van der Waals surface area contributed by atoms with Crippen LogP contribution >= 0.6 is 0 Å². The fraction of sp³-hybridized carbons (Fsp3) is 0.292. The summed E-state index contributed by atoms with van der Waals surface area (Å²) in [7, 11) is 2.34. The molecule has 1 aromatic heterocycles. The van der Waals surface area contributed by atoms with Crippen molar-refractivity contribution >= 4 is 0 Å². The van der Waals surface area contributed by atoms with Crippen molar-refractivity contribution in [3.05, 3.63) is 96.3 Å². The molecule has 0 radical (unpaired) electrons. The number of quaternary nitrogens is 1. The zero-order valence-corrected chi connectivity index (χ0v) is 19.9. The largest absolute Gasteiger partial charge is 1.00 e. The smallest absolute Gasteiger partial charge is 0.173 e. The molecule has 3 aromatic rings. The van der Waals surface area contributed by atoms with Crippen LogP contribution in [0.25, 0.3) is 0 Å². The normalized spacial score (nSPS) is 20.4. The van der Waals surface area contributed by atoms with Crippen molar-refractivity contribution < 1.29 is 47.7 Å². The highest BCUT2D eigenvalue weighted by Gasteiger charge is 2.36. The summed E-state index contributed by atoms with van der Waals surface area (Å²) in [6, 6.07) is 25.5. The molecule has 154 valence electrons. The van der Waals surface area contributed by atoms with Crippen LogP contribution in [0.4, 0.5) is 0 Å². The van der Waals surface area contributed by atoms with Gasteiger partial charge in [-0.3, -0.25) is 0 Å². The van der Waals surface area contributed by atoms with Crippen LogP contribution in [-0.2, 0) is 13.1 Å². The summed E-state index contributed by atoms with van der Waals surface area (Å²) < 4.78 is 9.52. The van der Waals surface area contributed by atoms with Gasteiger partial charge in [-0.1, -0.05) is 60.7 Å². The zero-order chi connectivity index (χ0) is 18.5. The summed E-state index contributed by atoms with van der Waals surface area (Å²) >= 11 is 0. The maximum Gasteiger partial charge on any atom is 0.173 e. The molecule has 0 amide bonds. The molecule has 29 heavy (non-hydrogen) atoms. The third-order valence-corrected chi connectivity index (χ3v) is 5.41. The number of rotatable bonds is 6. The van der Waals surface area contributed by atoms with E-state index in [1.165, 1.54) is 17.7 Å². The lowest BCUT2D eigenvalue weighted by molar-refractivity contribution is -0.912. The van der Waals surface area contributed by atoms with E-state index in [4.69, 9.17) is 4.74 Å². The number of likely N-dealkylation sites (tertiary alicyclic amines) is 1. The highest BCUT2D eigenvalue weighted by atomic mass is 79.9. The van der Waals surface area contributed by atoms with Gasteiger partial charge in [0.25, 0.3) is 0 Å². The molecule has 1 saturated heterocycles. The molecular weight excluding hydrogens is 492 g/mol. The van der Waals surface area contributed by atoms with Crippen LogP contribution in [0.15, 0.2) is 85.2 Å². The Bertz CT molecular complexity index is 859. The first-order chi connectivity index (χ1) is 13.2. The minimum atomic E-state index is 0. The van der Waals surface area contributed by atoms with Crippen LogP contribution in [-0.4, -0.2) is 30.7 Å². The van der Waals surface area contributed by atoms with E-state index >= 15 is 0 Å². The van der Waals surface area contributed by atoms with Gasteiger partial charge in [-0.2, -0.15) is 0 Å². The number of likely N-dealkylation sites (N-methyl/N-ethyl adjacent to an activating group) is 1. The van der Waals surface area contributed by atoms with Gasteiger partial charge in [0, 0.05) is 29.7 Å². The predicted molar refractivity (Wildman–Crippen MR) is 107 cm³/mol. The van der Waals surface area contributed by atoms with Crippen molar-refractivity contribution in [2.24, 2.45) is 0 Å². The molecule has 1 aliphatic heterocycles. The van der Waals surface area contributed by atoms with Gasteiger partial charge in [0.2, 0.25) is 0 Å². The van der Waals surface area contributed by atoms with E-state index in [0.717, 1.165) is 36.3 Å². The maximum atomic E-state index is 6.28. The van der Waals surface area contributed by atoms with Gasteiger partial charge in [-0.05, 0) is 0 Å². The highest BCUT2D eigenvalue weighted by molar-refractivity contribution is 5.17. The topological polar surface area (TPSA) is 13.1 Å². The Kier molecular flexibility index (Phi) is 8.87. The van der Waals surface area contributed by atoms with Gasteiger partial charge in [0.1, 0.15) is 18.8 Å². The van der Waals surface area contributed by atoms with Gasteiger partial charge in [-0.25, -0.2) is 4.57 Å². The fourth-order valence-electron chi connectivity index (χ4n) is 4.01. The van der Waals surface area contributed by atoms with Crippen LogP contribution in [0.2, 0.25) is 0 Å². The van der Waals surface area contributed by atoms with Crippen LogP contribution in [0.1, 0.15) is 17.5 Å². The minimum absolute atomic E-state index is 0. The number of benzene rings is 2. The van der Waals surface area contributed by atoms with Crippen LogP contribution < -0.4 is 43.3 Å². The van der Waals surface area contributed by atoms with Crippen molar-refractivity contribution in [2.45, 2.75) is 25.6 Å². The van der Waals surface area contributed by atoms with E-state index in [9.17, 15) is 0 Å². The molecule has 1 aliphatic rings. The van der Waals surface area contributed by atoms with Crippen molar-refractivity contribution in [2.75, 3.05) is 20.1 Å². The number of hydrogen-bond donors (Lipinski definition) is 0. The van der Waals surface area contributed by atoms with Gasteiger partial charge < -0.3 is 43.2 Å². The number of halogens is 2. The van der Waals surface area contributed by atoms with Crippen molar-refractivity contribution in [3.63, 3.8) is 0 Å². The van der Waals surface area contributed by atoms with Crippen molar-refractivity contribution in [1.29, 1.82) is 0 Å². The molecular formula is C24H28Br2N2O. The van der Waals surface area contributed by atoms with Crippen LogP contribution in [0, 0.1) is 0 Å². The number of nitrogens with zero attached hydrogens (tertiary/aromatic N) is 2. The molecule has 0 saturated carbocycles. The van der Waals surface area contributed by atoms with E-state index in [-0.39, 0.29) is 34.0 Å². The van der Waals surface area contributed by atoms with Crippen LogP contribution in [0.3, 0.4) is 0 Å². The van der Waals surface area contributed by atoms with E-state index in [1.54, 1.807) is 0 Å². The second-order valence-corrected chi connectivity index (χ2v) is 7.89. The fourth-order valence-corrected chi connectivity index (χ4v) is 4.01. The molecule has 0 spiro atoms. The molecule has 0 aliphatic carbocycles. The molecule has 3 nitrogen and oxygen atoms in total.